The number of carbonyl (C=O) groups is 1. The van der Waals surface area contributed by atoms with Crippen LogP contribution in [0.25, 0.3) is 0 Å². The predicted octanol–water partition coefficient (Wildman–Crippen LogP) is 4.06. The highest BCUT2D eigenvalue weighted by molar-refractivity contribution is 7.89. The van der Waals surface area contributed by atoms with Gasteiger partial charge in [0.15, 0.2) is 0 Å². The molecule has 5 nitrogen and oxygen atoms in total. The zero-order valence-electron chi connectivity index (χ0n) is 18.6. The minimum atomic E-state index is -3.58. The summed E-state index contributed by atoms with van der Waals surface area (Å²) in [6, 6.07) is 9.50. The van der Waals surface area contributed by atoms with Crippen LogP contribution in [0.3, 0.4) is 0 Å². The van der Waals surface area contributed by atoms with E-state index in [1.54, 1.807) is 4.31 Å². The van der Waals surface area contributed by atoms with E-state index in [4.69, 9.17) is 0 Å². The Labute approximate surface area is 180 Å². The molecule has 1 atom stereocenters. The number of carbonyl (C=O) groups excluding carboxylic acids is 1. The molecule has 6 heteroatoms. The van der Waals surface area contributed by atoms with Crippen LogP contribution in [0.1, 0.15) is 51.0 Å². The number of benzene rings is 2. The summed E-state index contributed by atoms with van der Waals surface area (Å²) in [7, 11) is -3.58. The first-order valence-corrected chi connectivity index (χ1v) is 12.0. The SMILES string of the molecule is Cc1ccc(C(=O)NC[C@H]2CCCN(S(=O)(=O)c3c(C)c(C)cc(C)c3C)C2)cc1. The normalized spacial score (nSPS) is 17.7. The molecule has 1 heterocycles. The standard InChI is InChI=1S/C24H32N2O3S/c1-16-8-10-22(11-9-16)24(27)25-14-21-7-6-12-26(15-21)30(28,29)23-19(4)17(2)13-18(3)20(23)5/h8-11,13,21H,6-7,12,14-15H2,1-5H3,(H,25,27)/t21-/m1/s1. The summed E-state index contributed by atoms with van der Waals surface area (Å²) in [6.07, 6.45) is 1.71. The van der Waals surface area contributed by atoms with Gasteiger partial charge in [0, 0.05) is 25.2 Å². The van der Waals surface area contributed by atoms with E-state index in [0.717, 1.165) is 40.7 Å². The van der Waals surface area contributed by atoms with Crippen LogP contribution in [0.4, 0.5) is 0 Å². The van der Waals surface area contributed by atoms with Crippen molar-refractivity contribution in [2.45, 2.75) is 52.4 Å². The van der Waals surface area contributed by atoms with Crippen molar-refractivity contribution in [3.05, 3.63) is 63.7 Å². The first kappa shape index (κ1) is 22.5. The number of amides is 1. The molecular formula is C24H32N2O3S. The average molecular weight is 429 g/mol. The molecule has 162 valence electrons. The number of hydrogen-bond donors (Lipinski definition) is 1. The quantitative estimate of drug-likeness (QED) is 0.781. The minimum Gasteiger partial charge on any atom is -0.352 e. The van der Waals surface area contributed by atoms with Gasteiger partial charge in [-0.25, -0.2) is 8.42 Å². The lowest BCUT2D eigenvalue weighted by Gasteiger charge is -2.33. The second-order valence-corrected chi connectivity index (χ2v) is 10.4. The highest BCUT2D eigenvalue weighted by Crippen LogP contribution is 2.31. The number of rotatable bonds is 5. The fourth-order valence-electron chi connectivity index (χ4n) is 4.15. The van der Waals surface area contributed by atoms with Crippen LogP contribution in [0, 0.1) is 40.5 Å². The van der Waals surface area contributed by atoms with Gasteiger partial charge in [-0.1, -0.05) is 23.8 Å². The van der Waals surface area contributed by atoms with E-state index in [1.165, 1.54) is 0 Å². The summed E-state index contributed by atoms with van der Waals surface area (Å²) in [5.74, 6) is -0.00887. The van der Waals surface area contributed by atoms with E-state index in [0.29, 0.717) is 30.1 Å². The van der Waals surface area contributed by atoms with Crippen LogP contribution < -0.4 is 5.32 Å². The lowest BCUT2D eigenvalue weighted by Crippen LogP contribution is -2.44. The van der Waals surface area contributed by atoms with Crippen LogP contribution in [-0.2, 0) is 10.0 Å². The minimum absolute atomic E-state index is 0.106. The smallest absolute Gasteiger partial charge is 0.251 e. The zero-order valence-corrected chi connectivity index (χ0v) is 19.4. The summed E-state index contributed by atoms with van der Waals surface area (Å²) in [5, 5.41) is 2.98. The van der Waals surface area contributed by atoms with Gasteiger partial charge in [0.1, 0.15) is 0 Å². The summed E-state index contributed by atoms with van der Waals surface area (Å²) in [6.45, 7) is 11.1. The van der Waals surface area contributed by atoms with E-state index < -0.39 is 10.0 Å². The average Bonchev–Trinajstić information content (AvgIpc) is 2.71. The molecule has 0 unspecified atom stereocenters. The van der Waals surface area contributed by atoms with Gasteiger partial charge >= 0.3 is 0 Å². The van der Waals surface area contributed by atoms with Gasteiger partial charge in [0.2, 0.25) is 10.0 Å². The van der Waals surface area contributed by atoms with Crippen molar-refractivity contribution < 1.29 is 13.2 Å². The Kier molecular flexibility index (Phi) is 6.68. The van der Waals surface area contributed by atoms with E-state index in [9.17, 15) is 13.2 Å². The third-order valence-electron chi connectivity index (χ3n) is 6.24. The summed E-state index contributed by atoms with van der Waals surface area (Å²) >= 11 is 0. The van der Waals surface area contributed by atoms with E-state index in [-0.39, 0.29) is 11.8 Å². The molecule has 0 aromatic heterocycles. The first-order chi connectivity index (χ1) is 14.1. The number of sulfonamides is 1. The maximum Gasteiger partial charge on any atom is 0.251 e. The van der Waals surface area contributed by atoms with Crippen LogP contribution in [0.2, 0.25) is 0 Å². The van der Waals surface area contributed by atoms with Crippen molar-refractivity contribution >= 4 is 15.9 Å². The van der Waals surface area contributed by atoms with Crippen molar-refractivity contribution in [1.29, 1.82) is 0 Å². The van der Waals surface area contributed by atoms with Crippen molar-refractivity contribution in [3.8, 4) is 0 Å². The molecule has 0 bridgehead atoms. The summed E-state index contributed by atoms with van der Waals surface area (Å²) in [5.41, 5.74) is 5.38. The topological polar surface area (TPSA) is 66.5 Å². The van der Waals surface area contributed by atoms with Gasteiger partial charge < -0.3 is 5.32 Å². The van der Waals surface area contributed by atoms with Gasteiger partial charge in [-0.2, -0.15) is 4.31 Å². The largest absolute Gasteiger partial charge is 0.352 e. The molecule has 30 heavy (non-hydrogen) atoms. The van der Waals surface area contributed by atoms with Gasteiger partial charge in [-0.05, 0) is 87.8 Å². The lowest BCUT2D eigenvalue weighted by atomic mass is 9.99. The van der Waals surface area contributed by atoms with Crippen LogP contribution >= 0.6 is 0 Å². The molecule has 1 fully saturated rings. The Morgan fingerprint density at radius 1 is 1.03 bits per heavy atom. The van der Waals surface area contributed by atoms with Gasteiger partial charge in [-0.3, -0.25) is 4.79 Å². The van der Waals surface area contributed by atoms with Gasteiger partial charge in [0.05, 0.1) is 4.90 Å². The second-order valence-electron chi connectivity index (χ2n) is 8.54. The maximum absolute atomic E-state index is 13.5. The number of nitrogens with one attached hydrogen (secondary N) is 1. The molecule has 3 rings (SSSR count). The molecule has 2 aromatic carbocycles. The van der Waals surface area contributed by atoms with Crippen molar-refractivity contribution in [2.24, 2.45) is 5.92 Å². The van der Waals surface area contributed by atoms with Crippen molar-refractivity contribution in [2.75, 3.05) is 19.6 Å². The fourth-order valence-corrected chi connectivity index (χ4v) is 6.28. The molecule has 0 saturated carbocycles. The Morgan fingerprint density at radius 2 is 1.63 bits per heavy atom. The number of hydrogen-bond acceptors (Lipinski definition) is 3. The highest BCUT2D eigenvalue weighted by atomic mass is 32.2. The van der Waals surface area contributed by atoms with Gasteiger partial charge in [-0.15, -0.1) is 0 Å². The fraction of sp³-hybridized carbons (Fsp3) is 0.458. The molecule has 1 N–H and O–H groups in total. The molecule has 0 spiro atoms. The molecule has 1 amide bonds. The Balaban J connectivity index is 1.73. The molecule has 1 saturated heterocycles. The first-order valence-electron chi connectivity index (χ1n) is 10.5. The number of piperidine rings is 1. The molecule has 1 aliphatic heterocycles. The summed E-state index contributed by atoms with van der Waals surface area (Å²) in [4.78, 5) is 12.9. The van der Waals surface area contributed by atoms with E-state index in [1.807, 2.05) is 65.0 Å². The monoisotopic (exact) mass is 428 g/mol. The van der Waals surface area contributed by atoms with Crippen LogP contribution in [0.15, 0.2) is 35.2 Å². The Morgan fingerprint density at radius 3 is 2.23 bits per heavy atom. The van der Waals surface area contributed by atoms with E-state index >= 15 is 0 Å². The second kappa shape index (κ2) is 8.90. The van der Waals surface area contributed by atoms with Crippen molar-refractivity contribution in [1.82, 2.24) is 9.62 Å². The predicted molar refractivity (Wildman–Crippen MR) is 120 cm³/mol. The Hall–Kier alpha value is -2.18. The zero-order chi connectivity index (χ0) is 22.1. The summed E-state index contributed by atoms with van der Waals surface area (Å²) < 4.78 is 28.6. The third kappa shape index (κ3) is 4.60. The molecule has 1 aliphatic rings. The van der Waals surface area contributed by atoms with Crippen LogP contribution in [-0.4, -0.2) is 38.3 Å². The number of nitrogens with zero attached hydrogens (tertiary/aromatic N) is 1. The molecule has 0 aliphatic carbocycles. The lowest BCUT2D eigenvalue weighted by molar-refractivity contribution is 0.0941. The number of aryl methyl sites for hydroxylation is 3. The Bertz CT molecular complexity index is 1020. The van der Waals surface area contributed by atoms with E-state index in [2.05, 4.69) is 5.32 Å². The third-order valence-corrected chi connectivity index (χ3v) is 8.38. The van der Waals surface area contributed by atoms with Gasteiger partial charge in [0.25, 0.3) is 5.91 Å². The molecule has 2 aromatic rings. The van der Waals surface area contributed by atoms with Crippen molar-refractivity contribution in [3.63, 3.8) is 0 Å². The highest BCUT2D eigenvalue weighted by Gasteiger charge is 2.33. The molecular weight excluding hydrogens is 396 g/mol. The van der Waals surface area contributed by atoms with Crippen LogP contribution in [0.5, 0.6) is 0 Å². The maximum atomic E-state index is 13.5. The molecule has 0 radical (unpaired) electrons.